The third-order valence-corrected chi connectivity index (χ3v) is 26.3. The van der Waals surface area contributed by atoms with Gasteiger partial charge in [0.15, 0.2) is 5.78 Å². The number of carbonyl (C=O) groups is 8. The first-order valence-corrected chi connectivity index (χ1v) is 43.6. The molecule has 0 unspecified atom stereocenters. The summed E-state index contributed by atoms with van der Waals surface area (Å²) >= 11 is 0. The lowest BCUT2D eigenvalue weighted by atomic mass is 9.78. The van der Waals surface area contributed by atoms with Crippen molar-refractivity contribution >= 4 is 59.9 Å². The summed E-state index contributed by atoms with van der Waals surface area (Å²) in [7, 11) is 0. The molecule has 7 heterocycles. The number of hydrogen-bond acceptors (Lipinski definition) is 19. The Hall–Kier alpha value is -8.30. The summed E-state index contributed by atoms with van der Waals surface area (Å²) < 4.78 is 66.7. The van der Waals surface area contributed by atoms with Crippen molar-refractivity contribution in [2.24, 2.45) is 56.7 Å². The molecule has 0 spiro atoms. The maximum absolute atomic E-state index is 13.0. The zero-order chi connectivity index (χ0) is 86.0. The third kappa shape index (κ3) is 23.3. The predicted octanol–water partition coefficient (Wildman–Crippen LogP) is 15.9. The molecule has 3 N–H and O–H groups in total. The second-order valence-corrected chi connectivity index (χ2v) is 38.4. The molecule has 15 rings (SSSR count). The molecule has 5 aliphatic carbocycles. The Morgan fingerprint density at radius 1 is 0.475 bits per heavy atom. The number of aliphatic hydroxyl groups is 1. The van der Waals surface area contributed by atoms with Gasteiger partial charge in [0.25, 0.3) is 11.8 Å². The second kappa shape index (κ2) is 39.1. The Balaban J connectivity index is 0.000000160. The van der Waals surface area contributed by atoms with E-state index in [9.17, 15) is 56.6 Å². The molecule has 120 heavy (non-hydrogen) atoms. The standard InChI is InChI=1S/C23H32N2O3.C22H29N3O2.C20H22F3N3O3.C16H27NO4.C11H19NO2.ClH/c1-22(2,3)15-20(27)25-13-9-18(10-14-25)23(11-12-23)19(26)16-24-21(28)17-7-5-4-6-8-17;1-21(2,3)15-18(26)25-13-9-17(10-14-25)22(11-12-22)20-24-23-19(27-20)16-7-5-4-6-8-16;1-18(28,20(21,22)23)17(27)26-11-7-14(8-12-26)19(9-10-19)16-25-24-15(29-16)13-5-3-2-4-6-13;1-5-20-13(18)16(8-9-16)12-6-10-17(11-7-12)14(19)21-15(2,3)4;1-2-14-10(13)11(5-6-11)9-3-7-12-8-4-9;/h4-8,18H,9-16H2,1-3H3,(H,24,28);4-8,17H,9-15H2,1-3H3;2-6,14,28H,7-12H2,1H3;12H,5-11H2,1-4H3;9,12H,2-8H2,1H3;1H/t;;18-;;;/m..1.../s1. The van der Waals surface area contributed by atoms with Crippen LogP contribution in [0.2, 0.25) is 0 Å². The van der Waals surface area contributed by atoms with Crippen molar-refractivity contribution in [2.75, 3.05) is 85.2 Å². The van der Waals surface area contributed by atoms with Gasteiger partial charge in [-0.15, -0.1) is 32.8 Å². The number of Topliss-reactive ketones (excluding diaryl/α,β-unsaturated/α-hetero) is 1. The van der Waals surface area contributed by atoms with E-state index in [1.807, 2.05) is 123 Å². The van der Waals surface area contributed by atoms with Gasteiger partial charge in [-0.1, -0.05) is 96.1 Å². The third-order valence-electron chi connectivity index (χ3n) is 26.3. The molecule has 5 saturated carbocycles. The van der Waals surface area contributed by atoms with Crippen LogP contribution in [0.5, 0.6) is 0 Å². The normalized spacial score (nSPS) is 21.0. The van der Waals surface area contributed by atoms with Gasteiger partial charge in [-0.3, -0.25) is 33.6 Å². The molecule has 1 atom stereocenters. The van der Waals surface area contributed by atoms with Gasteiger partial charge in [0.2, 0.25) is 41.0 Å². The van der Waals surface area contributed by atoms with Gasteiger partial charge in [0, 0.05) is 87.3 Å². The summed E-state index contributed by atoms with van der Waals surface area (Å²) in [5.74, 6) is 3.50. The first-order chi connectivity index (χ1) is 56.3. The summed E-state index contributed by atoms with van der Waals surface area (Å²) in [5, 5.41) is 32.9. The molecule has 2 aromatic heterocycles. The highest BCUT2D eigenvalue weighted by Gasteiger charge is 2.62. The number of piperidine rings is 5. The van der Waals surface area contributed by atoms with Crippen molar-refractivity contribution in [3.05, 3.63) is 108 Å². The van der Waals surface area contributed by atoms with Gasteiger partial charge in [-0.05, 0) is 260 Å². The molecule has 0 bridgehead atoms. The molecule has 3 aromatic carbocycles. The maximum Gasteiger partial charge on any atom is 0.426 e. The number of esters is 2. The van der Waals surface area contributed by atoms with Crippen molar-refractivity contribution in [3.63, 3.8) is 0 Å². The highest BCUT2D eigenvalue weighted by Crippen LogP contribution is 2.60. The quantitative estimate of drug-likeness (QED) is 0.0482. The van der Waals surface area contributed by atoms with Crippen molar-refractivity contribution in [1.82, 2.24) is 50.6 Å². The molecule has 660 valence electrons. The van der Waals surface area contributed by atoms with Crippen LogP contribution in [0, 0.1) is 56.7 Å². The van der Waals surface area contributed by atoms with Crippen molar-refractivity contribution in [3.8, 4) is 22.9 Å². The number of rotatable bonds is 20. The number of aromatic nitrogens is 4. The molecular weight excluding hydrogens is 1560 g/mol. The Kier molecular flexibility index (Phi) is 30.6. The number of halogens is 4. The molecule has 10 aliphatic rings. The molecule has 5 aromatic rings. The Morgan fingerprint density at radius 2 is 0.825 bits per heavy atom. The van der Waals surface area contributed by atoms with Crippen LogP contribution in [0.1, 0.15) is 246 Å². The average Bonchev–Trinajstić information content (AvgIpc) is 1.58. The fraction of sp³-hybridized carbons (Fsp3) is 0.674. The predicted molar refractivity (Wildman–Crippen MR) is 449 cm³/mol. The Bertz CT molecular complexity index is 4230. The van der Waals surface area contributed by atoms with Gasteiger partial charge in [0.1, 0.15) is 5.60 Å². The van der Waals surface area contributed by atoms with Crippen LogP contribution >= 0.6 is 12.4 Å². The van der Waals surface area contributed by atoms with Gasteiger partial charge < -0.3 is 58.4 Å². The topological polar surface area (TPSA) is 299 Å². The first-order valence-electron chi connectivity index (χ1n) is 43.6. The minimum Gasteiger partial charge on any atom is -0.466 e. The Labute approximate surface area is 712 Å². The van der Waals surface area contributed by atoms with Gasteiger partial charge in [-0.25, -0.2) is 4.79 Å². The van der Waals surface area contributed by atoms with E-state index in [4.69, 9.17) is 23.0 Å². The van der Waals surface area contributed by atoms with Gasteiger partial charge >= 0.3 is 24.2 Å². The molecule has 5 saturated heterocycles. The highest BCUT2D eigenvalue weighted by molar-refractivity contribution is 5.98. The van der Waals surface area contributed by atoms with E-state index >= 15 is 0 Å². The number of ketones is 1. The molecule has 5 aliphatic heterocycles. The summed E-state index contributed by atoms with van der Waals surface area (Å²) in [4.78, 5) is 105. The fourth-order valence-corrected chi connectivity index (χ4v) is 18.4. The van der Waals surface area contributed by atoms with Crippen LogP contribution in [0.25, 0.3) is 22.9 Å². The number of amides is 5. The lowest BCUT2D eigenvalue weighted by Crippen LogP contribution is -2.57. The largest absolute Gasteiger partial charge is 0.466 e. The van der Waals surface area contributed by atoms with Crippen LogP contribution < -0.4 is 10.6 Å². The number of hydrogen-bond donors (Lipinski definition) is 3. The first kappa shape index (κ1) is 94.0. The number of benzene rings is 3. The van der Waals surface area contributed by atoms with Crippen LogP contribution in [0.3, 0.4) is 0 Å². The molecule has 0 radical (unpaired) electrons. The van der Waals surface area contributed by atoms with Crippen molar-refractivity contribution < 1.29 is 79.7 Å². The number of nitrogens with zero attached hydrogens (tertiary/aromatic N) is 8. The number of nitrogens with one attached hydrogen (secondary N) is 2. The summed E-state index contributed by atoms with van der Waals surface area (Å²) in [6.45, 7) is 30.5. The minimum absolute atomic E-state index is 0. The monoisotopic (exact) mass is 1690 g/mol. The van der Waals surface area contributed by atoms with E-state index in [-0.39, 0.29) is 117 Å². The van der Waals surface area contributed by atoms with Gasteiger partial charge in [-0.2, -0.15) is 13.2 Å². The van der Waals surface area contributed by atoms with E-state index in [0.717, 1.165) is 177 Å². The maximum atomic E-state index is 13.0. The zero-order valence-corrected chi connectivity index (χ0v) is 73.5. The SMILES string of the molecule is CC(C)(C)CC(=O)N1CCC(C2(C(=O)CNC(=O)c3ccccc3)CC2)CC1.CC(C)(C)CC(=O)N1CCC(C2(c3nnc(-c4ccccc4)o3)CC2)CC1.CCOC(=O)C1(C2CCN(C(=O)OC(C)(C)C)CC2)CC1.CCOC(=O)C1(C2CCNCC2)CC1.C[C@@](O)(C(=O)N1CCC(C2(c3nnc(-c4ccccc4)o3)CC2)CC1)C(F)(F)F.Cl. The highest BCUT2D eigenvalue weighted by atomic mass is 35.5. The zero-order valence-electron chi connectivity index (χ0n) is 72.7. The van der Waals surface area contributed by atoms with E-state index in [1.54, 1.807) is 17.0 Å². The molecular formula is C92H130ClF3N10O14. The van der Waals surface area contributed by atoms with E-state index < -0.39 is 23.3 Å². The van der Waals surface area contributed by atoms with Crippen molar-refractivity contribution in [2.45, 2.75) is 253 Å². The number of ether oxygens (including phenoxy) is 3. The van der Waals surface area contributed by atoms with Crippen molar-refractivity contribution in [1.29, 1.82) is 0 Å². The molecule has 24 nitrogen and oxygen atoms in total. The van der Waals surface area contributed by atoms with E-state index in [2.05, 4.69) is 72.6 Å². The lowest BCUT2D eigenvalue weighted by molar-refractivity contribution is -0.250. The number of alkyl halides is 3. The fourth-order valence-electron chi connectivity index (χ4n) is 18.4. The Morgan fingerprint density at radius 3 is 1.18 bits per heavy atom. The molecule has 5 amide bonds. The smallest absolute Gasteiger partial charge is 0.426 e. The molecule has 28 heteroatoms. The van der Waals surface area contributed by atoms with Crippen LogP contribution in [0.4, 0.5) is 18.0 Å². The van der Waals surface area contributed by atoms with Crippen LogP contribution in [-0.4, -0.2) is 195 Å². The summed E-state index contributed by atoms with van der Waals surface area (Å²) in [6, 6.07) is 28.4. The van der Waals surface area contributed by atoms with Crippen LogP contribution in [-0.2, 0) is 53.8 Å². The van der Waals surface area contributed by atoms with E-state index in [0.29, 0.717) is 106 Å². The van der Waals surface area contributed by atoms with Gasteiger partial charge in [0.05, 0.1) is 41.4 Å². The number of carbonyl (C=O) groups excluding carboxylic acids is 8. The van der Waals surface area contributed by atoms with Crippen LogP contribution in [0.15, 0.2) is 99.8 Å². The summed E-state index contributed by atoms with van der Waals surface area (Å²) in [6.07, 6.45) is 14.6. The second-order valence-electron chi connectivity index (χ2n) is 38.4. The average molecular weight is 1690 g/mol. The van der Waals surface area contributed by atoms with E-state index in [1.165, 1.54) is 0 Å². The lowest BCUT2D eigenvalue weighted by Gasteiger charge is -2.38. The summed E-state index contributed by atoms with van der Waals surface area (Å²) in [5.41, 5.74) is -2.23. The minimum atomic E-state index is -5.00. The number of likely N-dealkylation sites (tertiary alicyclic amines) is 4. The molecule has 10 fully saturated rings.